The average Bonchev–Trinajstić information content (AvgIpc) is 2.57. The van der Waals surface area contributed by atoms with Crippen LogP contribution in [0.1, 0.15) is 31.0 Å². The molecule has 1 atom stereocenters. The predicted molar refractivity (Wildman–Crippen MR) is 58.4 cm³/mol. The first kappa shape index (κ1) is 10.6. The Kier molecular flexibility index (Phi) is 2.35. The summed E-state index contributed by atoms with van der Waals surface area (Å²) in [4.78, 5) is 0. The van der Waals surface area contributed by atoms with Gasteiger partial charge in [-0.25, -0.2) is 0 Å². The van der Waals surface area contributed by atoms with Crippen LogP contribution in [0.2, 0.25) is 0 Å². The van der Waals surface area contributed by atoms with E-state index in [2.05, 4.69) is 30.1 Å². The molecule has 5 heteroatoms. The van der Waals surface area contributed by atoms with E-state index >= 15 is 0 Å². The minimum absolute atomic E-state index is 0.0347. The summed E-state index contributed by atoms with van der Waals surface area (Å²) in [6.45, 7) is 6.02. The van der Waals surface area contributed by atoms with Crippen LogP contribution in [-0.4, -0.2) is 10.2 Å². The highest BCUT2D eigenvalue weighted by atomic mass is 16.5. The van der Waals surface area contributed by atoms with Crippen molar-refractivity contribution in [2.45, 2.75) is 26.7 Å². The average molecular weight is 218 g/mol. The van der Waals surface area contributed by atoms with E-state index in [4.69, 9.17) is 15.7 Å². The molecule has 0 bridgehead atoms. The monoisotopic (exact) mass is 218 g/mol. The second-order valence-electron chi connectivity index (χ2n) is 4.28. The van der Waals surface area contributed by atoms with Gasteiger partial charge >= 0.3 is 0 Å². The number of nitriles is 1. The normalized spacial score (nSPS) is 19.3. The van der Waals surface area contributed by atoms with Crippen molar-refractivity contribution in [3.63, 3.8) is 0 Å². The number of nitrogens with zero attached hydrogens (tertiary/aromatic N) is 2. The van der Waals surface area contributed by atoms with Crippen molar-refractivity contribution in [2.75, 3.05) is 0 Å². The molecule has 0 fully saturated rings. The molecular weight excluding hydrogens is 204 g/mol. The molecule has 0 aromatic carbocycles. The molecule has 1 aromatic rings. The zero-order chi connectivity index (χ0) is 11.9. The Labute approximate surface area is 93.9 Å². The van der Waals surface area contributed by atoms with E-state index in [1.54, 1.807) is 0 Å². The van der Waals surface area contributed by atoms with Crippen molar-refractivity contribution in [3.8, 4) is 11.9 Å². The van der Waals surface area contributed by atoms with Crippen LogP contribution in [0.25, 0.3) is 0 Å². The molecule has 5 nitrogen and oxygen atoms in total. The van der Waals surface area contributed by atoms with Gasteiger partial charge in [-0.3, -0.25) is 5.10 Å². The van der Waals surface area contributed by atoms with Gasteiger partial charge in [0.25, 0.3) is 0 Å². The van der Waals surface area contributed by atoms with Gasteiger partial charge in [0.15, 0.2) is 0 Å². The minimum Gasteiger partial charge on any atom is -0.420 e. The van der Waals surface area contributed by atoms with E-state index in [0.717, 1.165) is 11.3 Å². The van der Waals surface area contributed by atoms with Crippen LogP contribution in [0.3, 0.4) is 0 Å². The van der Waals surface area contributed by atoms with E-state index in [0.29, 0.717) is 11.5 Å². The first-order valence-corrected chi connectivity index (χ1v) is 5.18. The molecule has 0 saturated heterocycles. The smallest absolute Gasteiger partial charge is 0.243 e. The molecule has 0 aliphatic carbocycles. The summed E-state index contributed by atoms with van der Waals surface area (Å²) in [6, 6.07) is 2.13. The van der Waals surface area contributed by atoms with Gasteiger partial charge in [-0.05, 0) is 12.8 Å². The maximum atomic E-state index is 9.14. The van der Waals surface area contributed by atoms with Crippen molar-refractivity contribution in [1.82, 2.24) is 10.2 Å². The molecule has 16 heavy (non-hydrogen) atoms. The minimum atomic E-state index is -0.0347. The van der Waals surface area contributed by atoms with Gasteiger partial charge in [0, 0.05) is 17.2 Å². The number of hydrogen-bond donors (Lipinski definition) is 2. The summed E-state index contributed by atoms with van der Waals surface area (Å²) in [5.74, 6) is 0.896. The van der Waals surface area contributed by atoms with Crippen molar-refractivity contribution < 1.29 is 4.74 Å². The number of hydrogen-bond acceptors (Lipinski definition) is 4. The molecule has 3 N–H and O–H groups in total. The largest absolute Gasteiger partial charge is 0.420 e. The summed E-state index contributed by atoms with van der Waals surface area (Å²) in [6.07, 6.45) is 0. The standard InChI is InChI=1S/C11H14N4O/c1-5(2)8-7(4-12)10(13)16-11-9(8)6(3)14-15-11/h5,8H,13H2,1-3H3,(H,14,15)/t8-/m1/s1. The Hall–Kier alpha value is -1.96. The van der Waals surface area contributed by atoms with Gasteiger partial charge in [0.2, 0.25) is 11.8 Å². The lowest BCUT2D eigenvalue weighted by Crippen LogP contribution is -2.23. The van der Waals surface area contributed by atoms with Crippen molar-refractivity contribution in [1.29, 1.82) is 5.26 Å². The molecule has 0 saturated carbocycles. The Bertz CT molecular complexity index is 493. The lowest BCUT2D eigenvalue weighted by atomic mass is 9.82. The summed E-state index contributed by atoms with van der Waals surface area (Å²) >= 11 is 0. The van der Waals surface area contributed by atoms with E-state index in [9.17, 15) is 0 Å². The van der Waals surface area contributed by atoms with Gasteiger partial charge in [0.05, 0.1) is 5.57 Å². The van der Waals surface area contributed by atoms with Gasteiger partial charge in [0.1, 0.15) is 6.07 Å². The molecule has 2 heterocycles. The maximum absolute atomic E-state index is 9.14. The lowest BCUT2D eigenvalue weighted by molar-refractivity contribution is 0.360. The van der Waals surface area contributed by atoms with Crippen LogP contribution in [0, 0.1) is 24.2 Å². The van der Waals surface area contributed by atoms with Crippen molar-refractivity contribution in [3.05, 3.63) is 22.7 Å². The molecule has 0 amide bonds. The van der Waals surface area contributed by atoms with Crippen LogP contribution in [0.4, 0.5) is 0 Å². The molecule has 0 unspecified atom stereocenters. The number of nitrogens with one attached hydrogen (secondary N) is 1. The van der Waals surface area contributed by atoms with Crippen LogP contribution in [0.5, 0.6) is 5.88 Å². The summed E-state index contributed by atoms with van der Waals surface area (Å²) in [7, 11) is 0. The fraction of sp³-hybridized carbons (Fsp3) is 0.455. The number of aromatic nitrogens is 2. The fourth-order valence-electron chi connectivity index (χ4n) is 2.11. The van der Waals surface area contributed by atoms with Gasteiger partial charge in [-0.1, -0.05) is 13.8 Å². The highest BCUT2D eigenvalue weighted by molar-refractivity contribution is 5.48. The summed E-state index contributed by atoms with van der Waals surface area (Å²) < 4.78 is 5.33. The molecule has 1 aromatic heterocycles. The molecule has 1 aliphatic rings. The first-order chi connectivity index (χ1) is 7.56. The highest BCUT2D eigenvalue weighted by Crippen LogP contribution is 2.42. The van der Waals surface area contributed by atoms with E-state index in [1.807, 2.05) is 6.92 Å². The van der Waals surface area contributed by atoms with Gasteiger partial charge < -0.3 is 10.5 Å². The second-order valence-corrected chi connectivity index (χ2v) is 4.28. The highest BCUT2D eigenvalue weighted by Gasteiger charge is 2.34. The number of nitrogens with two attached hydrogens (primary N) is 1. The Morgan fingerprint density at radius 1 is 1.56 bits per heavy atom. The van der Waals surface area contributed by atoms with Crippen LogP contribution >= 0.6 is 0 Å². The molecule has 2 rings (SSSR count). The number of aromatic amines is 1. The Morgan fingerprint density at radius 2 is 2.25 bits per heavy atom. The zero-order valence-corrected chi connectivity index (χ0v) is 9.53. The topological polar surface area (TPSA) is 87.7 Å². The van der Waals surface area contributed by atoms with Gasteiger partial charge in [-0.2, -0.15) is 5.26 Å². The zero-order valence-electron chi connectivity index (χ0n) is 9.53. The van der Waals surface area contributed by atoms with Crippen LogP contribution < -0.4 is 10.5 Å². The van der Waals surface area contributed by atoms with Crippen LogP contribution in [-0.2, 0) is 0 Å². The van der Waals surface area contributed by atoms with E-state index in [1.165, 1.54) is 0 Å². The number of rotatable bonds is 1. The SMILES string of the molecule is Cc1[nH]nc2c1[C@H](C(C)C)C(C#N)=C(N)O2. The lowest BCUT2D eigenvalue weighted by Gasteiger charge is -2.25. The molecule has 0 spiro atoms. The van der Waals surface area contributed by atoms with E-state index < -0.39 is 0 Å². The molecule has 84 valence electrons. The number of H-pyrrole nitrogens is 1. The maximum Gasteiger partial charge on any atom is 0.243 e. The number of ether oxygens (including phenoxy) is 1. The quantitative estimate of drug-likeness (QED) is 0.748. The molecule has 1 aliphatic heterocycles. The predicted octanol–water partition coefficient (Wildman–Crippen LogP) is 1.54. The molecule has 0 radical (unpaired) electrons. The third-order valence-corrected chi connectivity index (χ3v) is 2.84. The Balaban J connectivity index is 2.61. The fourth-order valence-corrected chi connectivity index (χ4v) is 2.11. The van der Waals surface area contributed by atoms with Gasteiger partial charge in [-0.15, -0.1) is 5.10 Å². The number of fused-ring (bicyclic) bond motifs is 1. The number of aryl methyl sites for hydroxylation is 1. The summed E-state index contributed by atoms with van der Waals surface area (Å²) in [5, 5.41) is 16.0. The second kappa shape index (κ2) is 3.56. The molecular formula is C11H14N4O. The van der Waals surface area contributed by atoms with Crippen LogP contribution in [0.15, 0.2) is 11.5 Å². The third-order valence-electron chi connectivity index (χ3n) is 2.84. The van der Waals surface area contributed by atoms with E-state index in [-0.39, 0.29) is 17.7 Å². The van der Waals surface area contributed by atoms with Crippen molar-refractivity contribution in [2.24, 2.45) is 11.7 Å². The Morgan fingerprint density at radius 3 is 2.81 bits per heavy atom. The van der Waals surface area contributed by atoms with Crippen molar-refractivity contribution >= 4 is 0 Å². The number of allylic oxidation sites excluding steroid dienone is 1. The summed E-state index contributed by atoms with van der Waals surface area (Å²) in [5.41, 5.74) is 8.09. The first-order valence-electron chi connectivity index (χ1n) is 5.18. The third kappa shape index (κ3) is 1.34.